The summed E-state index contributed by atoms with van der Waals surface area (Å²) in [5.74, 6) is 0. The molecule has 2 N–H and O–H groups in total. The third-order valence-electron chi connectivity index (χ3n) is 1.19. The van der Waals surface area contributed by atoms with Crippen molar-refractivity contribution in [3.05, 3.63) is 12.5 Å². The molecule has 0 radical (unpaired) electrons. The summed E-state index contributed by atoms with van der Waals surface area (Å²) in [5, 5.41) is -0.229. The Bertz CT molecular complexity index is 348. The third kappa shape index (κ3) is 2.74. The van der Waals surface area contributed by atoms with Gasteiger partial charge < -0.3 is 4.98 Å². The van der Waals surface area contributed by atoms with Crippen molar-refractivity contribution in [2.45, 2.75) is 11.5 Å². The molecule has 0 aromatic carbocycles. The van der Waals surface area contributed by atoms with Crippen molar-refractivity contribution in [2.24, 2.45) is 0 Å². The number of H-pyrrole nitrogens is 1. The van der Waals surface area contributed by atoms with E-state index in [1.54, 1.807) is 4.72 Å². The highest BCUT2D eigenvalue weighted by atomic mass is 32.2. The number of aromatic amines is 1. The number of hydrogen-bond donors (Lipinski definition) is 2. The van der Waals surface area contributed by atoms with Gasteiger partial charge in [-0.25, -0.2) is 26.9 Å². The van der Waals surface area contributed by atoms with Crippen LogP contribution in [0.4, 0.5) is 8.78 Å². The number of hydrogen-bond acceptors (Lipinski definition) is 3. The van der Waals surface area contributed by atoms with Gasteiger partial charge in [-0.05, 0) is 0 Å². The Morgan fingerprint density at radius 3 is 2.77 bits per heavy atom. The number of nitrogens with zero attached hydrogens (tertiary/aromatic N) is 1. The Kier molecular flexibility index (Phi) is 2.94. The average Bonchev–Trinajstić information content (AvgIpc) is 2.53. The lowest BCUT2D eigenvalue weighted by molar-refractivity contribution is 0.153. The van der Waals surface area contributed by atoms with Crippen LogP contribution in [0.25, 0.3) is 0 Å². The van der Waals surface area contributed by atoms with Crippen LogP contribution in [0.15, 0.2) is 17.6 Å². The molecular weight excluding hydrogens is 204 g/mol. The molecule has 5 nitrogen and oxygen atoms in total. The topological polar surface area (TPSA) is 74.8 Å². The molecule has 1 aromatic heterocycles. The number of halogens is 2. The quantitative estimate of drug-likeness (QED) is 0.733. The first kappa shape index (κ1) is 10.1. The maximum absolute atomic E-state index is 11.7. The summed E-state index contributed by atoms with van der Waals surface area (Å²) >= 11 is 0. The maximum Gasteiger partial charge on any atom is 0.257 e. The van der Waals surface area contributed by atoms with Crippen molar-refractivity contribution in [2.75, 3.05) is 6.54 Å². The van der Waals surface area contributed by atoms with Gasteiger partial charge in [-0.15, -0.1) is 0 Å². The molecule has 1 rings (SSSR count). The van der Waals surface area contributed by atoms with Gasteiger partial charge in [-0.1, -0.05) is 0 Å². The number of nitrogens with one attached hydrogen (secondary N) is 2. The Hall–Kier alpha value is -1.02. The van der Waals surface area contributed by atoms with Gasteiger partial charge in [0, 0.05) is 0 Å². The van der Waals surface area contributed by atoms with Gasteiger partial charge >= 0.3 is 0 Å². The highest BCUT2D eigenvalue weighted by Gasteiger charge is 2.16. The number of alkyl halides is 2. The van der Waals surface area contributed by atoms with E-state index in [1.165, 1.54) is 0 Å². The molecule has 0 unspecified atom stereocenters. The Labute approximate surface area is 73.2 Å². The fraction of sp³-hybridized carbons (Fsp3) is 0.400. The van der Waals surface area contributed by atoms with Crippen LogP contribution in [0.3, 0.4) is 0 Å². The molecule has 0 saturated carbocycles. The number of rotatable bonds is 4. The van der Waals surface area contributed by atoms with Crippen LogP contribution in [-0.4, -0.2) is 31.4 Å². The van der Waals surface area contributed by atoms with E-state index in [0.717, 1.165) is 12.5 Å². The second-order valence-electron chi connectivity index (χ2n) is 2.16. The predicted molar refractivity (Wildman–Crippen MR) is 39.8 cm³/mol. The molecule has 0 saturated heterocycles. The molecule has 0 spiro atoms. The van der Waals surface area contributed by atoms with E-state index in [1.807, 2.05) is 0 Å². The largest absolute Gasteiger partial charge is 0.335 e. The number of imidazole rings is 1. The van der Waals surface area contributed by atoms with Crippen LogP contribution in [0.2, 0.25) is 0 Å². The summed E-state index contributed by atoms with van der Waals surface area (Å²) < 4.78 is 47.2. The summed E-state index contributed by atoms with van der Waals surface area (Å²) in [6.07, 6.45) is -0.525. The van der Waals surface area contributed by atoms with Crippen molar-refractivity contribution in [1.29, 1.82) is 0 Å². The van der Waals surface area contributed by atoms with Crippen molar-refractivity contribution >= 4 is 10.0 Å². The fourth-order valence-corrected chi connectivity index (χ4v) is 1.55. The van der Waals surface area contributed by atoms with Gasteiger partial charge in [-0.2, -0.15) is 0 Å². The van der Waals surface area contributed by atoms with Crippen LogP contribution >= 0.6 is 0 Å². The van der Waals surface area contributed by atoms with Gasteiger partial charge in [0.25, 0.3) is 16.4 Å². The summed E-state index contributed by atoms with van der Waals surface area (Å²) in [6.45, 7) is -0.901. The van der Waals surface area contributed by atoms with Crippen LogP contribution < -0.4 is 4.72 Å². The molecule has 13 heavy (non-hydrogen) atoms. The van der Waals surface area contributed by atoms with Crippen molar-refractivity contribution in [3.8, 4) is 0 Å². The molecule has 0 bridgehead atoms. The second kappa shape index (κ2) is 3.79. The smallest absolute Gasteiger partial charge is 0.257 e. The normalized spacial score (nSPS) is 12.2. The van der Waals surface area contributed by atoms with Gasteiger partial charge in [0.2, 0.25) is 0 Å². The predicted octanol–water partition coefficient (Wildman–Crippen LogP) is -0.0469. The molecular formula is C5H7F2N3O2S. The summed E-state index contributed by atoms with van der Waals surface area (Å²) in [7, 11) is -3.86. The first-order valence-electron chi connectivity index (χ1n) is 3.28. The zero-order valence-electron chi connectivity index (χ0n) is 6.37. The molecule has 8 heteroatoms. The molecule has 0 fully saturated rings. The zero-order chi connectivity index (χ0) is 9.90. The van der Waals surface area contributed by atoms with Crippen LogP contribution in [-0.2, 0) is 10.0 Å². The van der Waals surface area contributed by atoms with Gasteiger partial charge in [0.1, 0.15) is 0 Å². The lowest BCUT2D eigenvalue weighted by Crippen LogP contribution is -2.28. The van der Waals surface area contributed by atoms with Gasteiger partial charge in [-0.3, -0.25) is 0 Å². The minimum atomic E-state index is -3.86. The Morgan fingerprint density at radius 1 is 1.62 bits per heavy atom. The highest BCUT2D eigenvalue weighted by Crippen LogP contribution is 2.02. The second-order valence-corrected chi connectivity index (χ2v) is 3.89. The Balaban J connectivity index is 2.68. The minimum absolute atomic E-state index is 0.229. The molecule has 74 valence electrons. The Morgan fingerprint density at radius 2 is 2.31 bits per heavy atom. The standard InChI is InChI=1S/C5H7F2N3O2S/c6-4(7)1-10-13(11,12)5-2-8-3-9-5/h2-4,10H,1H2,(H,8,9). The molecule has 0 aliphatic rings. The van der Waals surface area contributed by atoms with Crippen molar-refractivity contribution < 1.29 is 17.2 Å². The molecule has 0 atom stereocenters. The molecule has 0 aliphatic heterocycles. The summed E-state index contributed by atoms with van der Waals surface area (Å²) in [5.41, 5.74) is 0. The van der Waals surface area contributed by atoms with Crippen LogP contribution in [0, 0.1) is 0 Å². The van der Waals surface area contributed by atoms with Crippen molar-refractivity contribution in [3.63, 3.8) is 0 Å². The lowest BCUT2D eigenvalue weighted by Gasteiger charge is -2.02. The van der Waals surface area contributed by atoms with Gasteiger partial charge in [0.15, 0.2) is 5.03 Å². The number of sulfonamides is 1. The van der Waals surface area contributed by atoms with E-state index in [0.29, 0.717) is 0 Å². The minimum Gasteiger partial charge on any atom is -0.335 e. The van der Waals surface area contributed by atoms with Crippen molar-refractivity contribution in [1.82, 2.24) is 14.7 Å². The van der Waals surface area contributed by atoms with Crippen LogP contribution in [0.1, 0.15) is 0 Å². The van der Waals surface area contributed by atoms with E-state index < -0.39 is 23.0 Å². The highest BCUT2D eigenvalue weighted by molar-refractivity contribution is 7.89. The zero-order valence-corrected chi connectivity index (χ0v) is 7.18. The maximum atomic E-state index is 11.7. The third-order valence-corrected chi connectivity index (χ3v) is 2.54. The van der Waals surface area contributed by atoms with E-state index in [9.17, 15) is 17.2 Å². The van der Waals surface area contributed by atoms with Crippen LogP contribution in [0.5, 0.6) is 0 Å². The van der Waals surface area contributed by atoms with Gasteiger partial charge in [0.05, 0.1) is 19.1 Å². The van der Waals surface area contributed by atoms with E-state index >= 15 is 0 Å². The van der Waals surface area contributed by atoms with E-state index in [-0.39, 0.29) is 5.03 Å². The molecule has 0 aliphatic carbocycles. The fourth-order valence-electron chi connectivity index (χ4n) is 0.641. The monoisotopic (exact) mass is 211 g/mol. The van der Waals surface area contributed by atoms with E-state index in [2.05, 4.69) is 9.97 Å². The lowest BCUT2D eigenvalue weighted by atomic mass is 10.7. The average molecular weight is 211 g/mol. The molecule has 0 amide bonds. The summed E-state index contributed by atoms with van der Waals surface area (Å²) in [4.78, 5) is 5.75. The first-order chi connectivity index (χ1) is 6.02. The first-order valence-corrected chi connectivity index (χ1v) is 4.77. The number of aromatic nitrogens is 2. The molecule has 1 heterocycles. The SMILES string of the molecule is O=S(=O)(NCC(F)F)c1cnc[nH]1. The summed E-state index contributed by atoms with van der Waals surface area (Å²) in [6, 6.07) is 0. The van der Waals surface area contributed by atoms with E-state index in [4.69, 9.17) is 0 Å². The molecule has 1 aromatic rings.